The second kappa shape index (κ2) is 7.25. The maximum Gasteiger partial charge on any atom is 0.225 e. The van der Waals surface area contributed by atoms with Crippen LogP contribution in [0.2, 0.25) is 0 Å². The lowest BCUT2D eigenvalue weighted by molar-refractivity contribution is -0.137. The first-order chi connectivity index (χ1) is 9.26. The van der Waals surface area contributed by atoms with E-state index in [1.54, 1.807) is 0 Å². The van der Waals surface area contributed by atoms with Crippen molar-refractivity contribution in [3.05, 3.63) is 0 Å². The van der Waals surface area contributed by atoms with Gasteiger partial charge in [-0.3, -0.25) is 9.69 Å². The van der Waals surface area contributed by atoms with Gasteiger partial charge in [0.15, 0.2) is 0 Å². The third-order valence-corrected chi connectivity index (χ3v) is 4.74. The Balaban J connectivity index is 1.79. The molecule has 1 aliphatic carbocycles. The Morgan fingerprint density at radius 3 is 2.37 bits per heavy atom. The van der Waals surface area contributed by atoms with Crippen LogP contribution >= 0.6 is 0 Å². The van der Waals surface area contributed by atoms with Gasteiger partial charge >= 0.3 is 0 Å². The van der Waals surface area contributed by atoms with Crippen molar-refractivity contribution in [2.45, 2.75) is 51.5 Å². The van der Waals surface area contributed by atoms with Crippen LogP contribution in [0.1, 0.15) is 45.4 Å². The summed E-state index contributed by atoms with van der Waals surface area (Å²) in [6.45, 7) is 6.75. The molecule has 4 nitrogen and oxygen atoms in total. The van der Waals surface area contributed by atoms with E-state index in [-0.39, 0.29) is 0 Å². The molecule has 2 fully saturated rings. The smallest absolute Gasteiger partial charge is 0.225 e. The van der Waals surface area contributed by atoms with Crippen LogP contribution < -0.4 is 5.73 Å². The molecule has 1 saturated carbocycles. The third kappa shape index (κ3) is 3.69. The average molecular weight is 267 g/mol. The summed E-state index contributed by atoms with van der Waals surface area (Å²) in [5, 5.41) is 0. The number of nitrogens with zero attached hydrogens (tertiary/aromatic N) is 2. The standard InChI is InChI=1S/C15H29N3O/c1-2-5-14(12-16)17-8-10-18(11-9-17)15(19)13-6-3-4-7-13/h13-14H,2-12,16H2,1H3. The molecule has 0 bridgehead atoms. The molecular weight excluding hydrogens is 238 g/mol. The van der Waals surface area contributed by atoms with Crippen LogP contribution in [0.5, 0.6) is 0 Å². The Labute approximate surface area is 117 Å². The van der Waals surface area contributed by atoms with Crippen LogP contribution in [-0.2, 0) is 4.79 Å². The van der Waals surface area contributed by atoms with Crippen LogP contribution in [-0.4, -0.2) is 54.5 Å². The molecule has 1 amide bonds. The Morgan fingerprint density at radius 1 is 1.21 bits per heavy atom. The van der Waals surface area contributed by atoms with Crippen molar-refractivity contribution in [2.24, 2.45) is 11.7 Å². The normalized spacial score (nSPS) is 23.8. The predicted octanol–water partition coefficient (Wildman–Crippen LogP) is 1.45. The van der Waals surface area contributed by atoms with Gasteiger partial charge in [-0.05, 0) is 19.3 Å². The van der Waals surface area contributed by atoms with Gasteiger partial charge < -0.3 is 10.6 Å². The van der Waals surface area contributed by atoms with Gasteiger partial charge in [-0.25, -0.2) is 0 Å². The minimum Gasteiger partial charge on any atom is -0.340 e. The highest BCUT2D eigenvalue weighted by Crippen LogP contribution is 2.27. The molecule has 19 heavy (non-hydrogen) atoms. The number of hydrogen-bond acceptors (Lipinski definition) is 3. The summed E-state index contributed by atoms with van der Waals surface area (Å²) >= 11 is 0. The highest BCUT2D eigenvalue weighted by molar-refractivity contribution is 5.79. The van der Waals surface area contributed by atoms with E-state index < -0.39 is 0 Å². The Morgan fingerprint density at radius 2 is 1.84 bits per heavy atom. The molecule has 0 radical (unpaired) electrons. The van der Waals surface area contributed by atoms with Crippen molar-refractivity contribution in [1.82, 2.24) is 9.80 Å². The Kier molecular flexibility index (Phi) is 5.64. The average Bonchev–Trinajstić information content (AvgIpc) is 2.98. The minimum absolute atomic E-state index is 0.326. The van der Waals surface area contributed by atoms with Gasteiger partial charge in [0.1, 0.15) is 0 Å². The van der Waals surface area contributed by atoms with Crippen LogP contribution in [0.3, 0.4) is 0 Å². The number of nitrogens with two attached hydrogens (primary N) is 1. The SMILES string of the molecule is CCCC(CN)N1CCN(C(=O)C2CCCC2)CC1. The maximum atomic E-state index is 12.4. The van der Waals surface area contributed by atoms with Gasteiger partial charge in [0.25, 0.3) is 0 Å². The number of piperazine rings is 1. The van der Waals surface area contributed by atoms with Crippen LogP contribution in [0.15, 0.2) is 0 Å². The monoisotopic (exact) mass is 267 g/mol. The van der Waals surface area contributed by atoms with Gasteiger partial charge in [0, 0.05) is 44.7 Å². The fraction of sp³-hybridized carbons (Fsp3) is 0.933. The highest BCUT2D eigenvalue weighted by Gasteiger charge is 2.30. The van der Waals surface area contributed by atoms with Crippen molar-refractivity contribution in [3.63, 3.8) is 0 Å². The van der Waals surface area contributed by atoms with Gasteiger partial charge in [0.2, 0.25) is 5.91 Å². The molecule has 1 atom stereocenters. The van der Waals surface area contributed by atoms with E-state index in [1.807, 2.05) is 0 Å². The molecule has 0 aromatic carbocycles. The minimum atomic E-state index is 0.326. The zero-order valence-electron chi connectivity index (χ0n) is 12.3. The second-order valence-electron chi connectivity index (χ2n) is 6.02. The van der Waals surface area contributed by atoms with Crippen molar-refractivity contribution in [3.8, 4) is 0 Å². The van der Waals surface area contributed by atoms with Gasteiger partial charge in [0.05, 0.1) is 0 Å². The summed E-state index contributed by atoms with van der Waals surface area (Å²) in [6, 6.07) is 0.508. The topological polar surface area (TPSA) is 49.6 Å². The zero-order valence-corrected chi connectivity index (χ0v) is 12.3. The van der Waals surface area contributed by atoms with E-state index in [0.29, 0.717) is 17.9 Å². The molecule has 1 heterocycles. The first-order valence-electron chi connectivity index (χ1n) is 7.99. The molecule has 2 aliphatic rings. The largest absolute Gasteiger partial charge is 0.340 e. The first kappa shape index (κ1) is 14.8. The number of amides is 1. The first-order valence-corrected chi connectivity index (χ1v) is 7.99. The van der Waals surface area contributed by atoms with E-state index >= 15 is 0 Å². The van der Waals surface area contributed by atoms with Crippen LogP contribution in [0.4, 0.5) is 0 Å². The van der Waals surface area contributed by atoms with Crippen molar-refractivity contribution in [2.75, 3.05) is 32.7 Å². The summed E-state index contributed by atoms with van der Waals surface area (Å²) in [5.41, 5.74) is 5.86. The van der Waals surface area contributed by atoms with E-state index in [2.05, 4.69) is 16.7 Å². The molecule has 1 saturated heterocycles. The molecule has 0 aromatic heterocycles. The fourth-order valence-electron chi connectivity index (χ4n) is 3.52. The predicted molar refractivity (Wildman–Crippen MR) is 77.9 cm³/mol. The molecule has 0 aromatic rings. The fourth-order valence-corrected chi connectivity index (χ4v) is 3.52. The van der Waals surface area contributed by atoms with Gasteiger partial charge in [-0.2, -0.15) is 0 Å². The molecule has 1 unspecified atom stereocenters. The highest BCUT2D eigenvalue weighted by atomic mass is 16.2. The molecule has 2 N–H and O–H groups in total. The maximum absolute atomic E-state index is 12.4. The van der Waals surface area contributed by atoms with Crippen LogP contribution in [0, 0.1) is 5.92 Å². The number of carbonyl (C=O) groups is 1. The van der Waals surface area contributed by atoms with Crippen molar-refractivity contribution in [1.29, 1.82) is 0 Å². The lowest BCUT2D eigenvalue weighted by Crippen LogP contribution is -2.54. The van der Waals surface area contributed by atoms with E-state index in [1.165, 1.54) is 25.7 Å². The van der Waals surface area contributed by atoms with Crippen LogP contribution in [0.25, 0.3) is 0 Å². The summed E-state index contributed by atoms with van der Waals surface area (Å²) in [5.74, 6) is 0.740. The second-order valence-corrected chi connectivity index (χ2v) is 6.02. The van der Waals surface area contributed by atoms with Gasteiger partial charge in [-0.15, -0.1) is 0 Å². The quantitative estimate of drug-likeness (QED) is 0.820. The summed E-state index contributed by atoms with van der Waals surface area (Å²) in [6.07, 6.45) is 7.06. The zero-order chi connectivity index (χ0) is 13.7. The summed E-state index contributed by atoms with van der Waals surface area (Å²) in [7, 11) is 0. The number of carbonyl (C=O) groups excluding carboxylic acids is 1. The molecule has 110 valence electrons. The summed E-state index contributed by atoms with van der Waals surface area (Å²) < 4.78 is 0. The molecular formula is C15H29N3O. The summed E-state index contributed by atoms with van der Waals surface area (Å²) in [4.78, 5) is 16.9. The Bertz CT molecular complexity index is 281. The van der Waals surface area contributed by atoms with Crippen molar-refractivity contribution < 1.29 is 4.79 Å². The van der Waals surface area contributed by atoms with E-state index in [4.69, 9.17) is 5.73 Å². The lowest BCUT2D eigenvalue weighted by Gasteiger charge is -2.39. The van der Waals surface area contributed by atoms with Gasteiger partial charge in [-0.1, -0.05) is 26.2 Å². The molecule has 4 heteroatoms. The molecule has 0 spiro atoms. The number of rotatable bonds is 5. The third-order valence-electron chi connectivity index (χ3n) is 4.74. The lowest BCUT2D eigenvalue weighted by atomic mass is 10.1. The van der Waals surface area contributed by atoms with E-state index in [9.17, 15) is 4.79 Å². The molecule has 2 rings (SSSR count). The van der Waals surface area contributed by atoms with E-state index in [0.717, 1.165) is 45.6 Å². The van der Waals surface area contributed by atoms with Crippen molar-refractivity contribution >= 4 is 5.91 Å². The Hall–Kier alpha value is -0.610. The molecule has 1 aliphatic heterocycles. The number of hydrogen-bond donors (Lipinski definition) is 1.